The second-order valence-electron chi connectivity index (χ2n) is 8.13. The van der Waals surface area contributed by atoms with Crippen LogP contribution in [0.4, 0.5) is 10.1 Å². The number of fused-ring (bicyclic) bond motifs is 2. The number of aryl methyl sites for hydroxylation is 2. The SMILES string of the molecule is Cc1nc2c(F)cccc2c(-n2c(C)nc3c(C(N)=O)cc(N4CCOCC4)cc32)c1C. The molecule has 1 amide bonds. The van der Waals surface area contributed by atoms with Crippen LogP contribution < -0.4 is 10.6 Å². The Kier molecular flexibility index (Phi) is 4.82. The predicted octanol–water partition coefficient (Wildman–Crippen LogP) is 3.57. The molecule has 0 unspecified atom stereocenters. The van der Waals surface area contributed by atoms with E-state index in [2.05, 4.69) is 9.88 Å². The summed E-state index contributed by atoms with van der Waals surface area (Å²) >= 11 is 0. The van der Waals surface area contributed by atoms with Crippen molar-refractivity contribution in [3.05, 3.63) is 58.8 Å². The summed E-state index contributed by atoms with van der Waals surface area (Å²) in [6.07, 6.45) is 0. The number of imidazole rings is 1. The number of primary amides is 1. The van der Waals surface area contributed by atoms with E-state index in [1.807, 2.05) is 37.5 Å². The van der Waals surface area contributed by atoms with Gasteiger partial charge in [-0.2, -0.15) is 0 Å². The number of hydrogen-bond acceptors (Lipinski definition) is 5. The monoisotopic (exact) mass is 433 g/mol. The second kappa shape index (κ2) is 7.56. The summed E-state index contributed by atoms with van der Waals surface area (Å²) in [4.78, 5) is 23.7. The van der Waals surface area contributed by atoms with E-state index >= 15 is 0 Å². The lowest BCUT2D eigenvalue weighted by Crippen LogP contribution is -2.36. The molecule has 1 aliphatic rings. The van der Waals surface area contributed by atoms with Gasteiger partial charge in [-0.15, -0.1) is 0 Å². The number of nitrogens with two attached hydrogens (primary N) is 1. The van der Waals surface area contributed by atoms with Gasteiger partial charge < -0.3 is 15.4 Å². The zero-order chi connectivity index (χ0) is 22.6. The maximum Gasteiger partial charge on any atom is 0.251 e. The van der Waals surface area contributed by atoms with Gasteiger partial charge in [0.15, 0.2) is 0 Å². The van der Waals surface area contributed by atoms with Crippen molar-refractivity contribution >= 4 is 33.5 Å². The number of carbonyl (C=O) groups excluding carboxylic acids is 1. The third-order valence-electron chi connectivity index (χ3n) is 6.20. The van der Waals surface area contributed by atoms with E-state index in [4.69, 9.17) is 15.5 Å². The Morgan fingerprint density at radius 3 is 2.56 bits per heavy atom. The second-order valence-corrected chi connectivity index (χ2v) is 8.13. The van der Waals surface area contributed by atoms with Crippen LogP contribution in [0.15, 0.2) is 30.3 Å². The molecule has 0 spiro atoms. The first-order valence-corrected chi connectivity index (χ1v) is 10.6. The topological polar surface area (TPSA) is 86.3 Å². The molecule has 1 aliphatic heterocycles. The minimum atomic E-state index is -0.534. The maximum absolute atomic E-state index is 14.6. The van der Waals surface area contributed by atoms with Gasteiger partial charge in [0.25, 0.3) is 5.91 Å². The predicted molar refractivity (Wildman–Crippen MR) is 122 cm³/mol. The lowest BCUT2D eigenvalue weighted by molar-refractivity contribution is 0.100. The summed E-state index contributed by atoms with van der Waals surface area (Å²) in [5.74, 6) is -0.227. The van der Waals surface area contributed by atoms with Crippen molar-refractivity contribution in [1.82, 2.24) is 14.5 Å². The lowest BCUT2D eigenvalue weighted by Gasteiger charge is -2.29. The molecule has 0 atom stereocenters. The normalized spacial score (nSPS) is 14.4. The first kappa shape index (κ1) is 20.4. The van der Waals surface area contributed by atoms with Gasteiger partial charge in [-0.1, -0.05) is 12.1 Å². The van der Waals surface area contributed by atoms with E-state index < -0.39 is 5.91 Å². The van der Waals surface area contributed by atoms with Gasteiger partial charge in [0.2, 0.25) is 0 Å². The summed E-state index contributed by atoms with van der Waals surface area (Å²) in [6.45, 7) is 8.39. The number of hydrogen-bond donors (Lipinski definition) is 1. The maximum atomic E-state index is 14.6. The van der Waals surface area contributed by atoms with Crippen LogP contribution in [0.5, 0.6) is 0 Å². The van der Waals surface area contributed by atoms with Crippen LogP contribution in [-0.4, -0.2) is 46.7 Å². The van der Waals surface area contributed by atoms with Crippen molar-refractivity contribution in [2.45, 2.75) is 20.8 Å². The molecule has 1 saturated heterocycles. The number of ether oxygens (including phenoxy) is 1. The van der Waals surface area contributed by atoms with Crippen LogP contribution in [0.1, 0.15) is 27.4 Å². The highest BCUT2D eigenvalue weighted by Gasteiger charge is 2.23. The number of carbonyl (C=O) groups is 1. The number of morpholine rings is 1. The van der Waals surface area contributed by atoms with Gasteiger partial charge in [-0.3, -0.25) is 9.36 Å². The number of para-hydroxylation sites is 1. The van der Waals surface area contributed by atoms with Crippen molar-refractivity contribution < 1.29 is 13.9 Å². The molecule has 2 aromatic heterocycles. The first-order chi connectivity index (χ1) is 15.4. The number of halogens is 1. The fourth-order valence-electron chi connectivity index (χ4n) is 4.49. The number of amides is 1. The van der Waals surface area contributed by atoms with Crippen molar-refractivity contribution in [3.63, 3.8) is 0 Å². The van der Waals surface area contributed by atoms with Gasteiger partial charge in [0.05, 0.1) is 30.0 Å². The van der Waals surface area contributed by atoms with E-state index in [1.165, 1.54) is 6.07 Å². The molecule has 164 valence electrons. The highest BCUT2D eigenvalue weighted by atomic mass is 19.1. The number of rotatable bonds is 3. The molecule has 7 nitrogen and oxygen atoms in total. The van der Waals surface area contributed by atoms with E-state index in [1.54, 1.807) is 12.1 Å². The fraction of sp³-hybridized carbons (Fsp3) is 0.292. The number of anilines is 1. The molecule has 8 heteroatoms. The summed E-state index contributed by atoms with van der Waals surface area (Å²) < 4.78 is 22.1. The Labute approximate surface area is 184 Å². The average molecular weight is 433 g/mol. The van der Waals surface area contributed by atoms with Crippen LogP contribution in [0.25, 0.3) is 27.6 Å². The van der Waals surface area contributed by atoms with Gasteiger partial charge in [0.1, 0.15) is 22.7 Å². The molecule has 0 aliphatic carbocycles. The van der Waals surface area contributed by atoms with Crippen LogP contribution in [0.3, 0.4) is 0 Å². The van der Waals surface area contributed by atoms with Gasteiger partial charge in [0, 0.05) is 29.9 Å². The molecule has 32 heavy (non-hydrogen) atoms. The number of aromatic nitrogens is 3. The van der Waals surface area contributed by atoms with E-state index in [0.29, 0.717) is 41.0 Å². The Bertz CT molecular complexity index is 1390. The van der Waals surface area contributed by atoms with Gasteiger partial charge in [-0.25, -0.2) is 14.4 Å². The van der Waals surface area contributed by atoms with Crippen molar-refractivity contribution in [2.24, 2.45) is 5.73 Å². The first-order valence-electron chi connectivity index (χ1n) is 10.6. The summed E-state index contributed by atoms with van der Waals surface area (Å²) in [7, 11) is 0. The zero-order valence-corrected chi connectivity index (χ0v) is 18.3. The quantitative estimate of drug-likeness (QED) is 0.534. The number of pyridine rings is 1. The largest absolute Gasteiger partial charge is 0.378 e. The summed E-state index contributed by atoms with van der Waals surface area (Å²) in [5.41, 5.74) is 11.1. The van der Waals surface area contributed by atoms with E-state index in [-0.39, 0.29) is 5.82 Å². The standard InChI is InChI=1S/C24H24FN5O2/c1-13-14(2)27-21-17(5-4-6-19(21)25)23(13)30-15(3)28-22-18(24(26)31)11-16(12-20(22)30)29-7-9-32-10-8-29/h4-6,11-12H,7-10H2,1-3H3,(H2,26,31). The molecule has 4 aromatic rings. The number of benzene rings is 2. The van der Waals surface area contributed by atoms with Crippen LogP contribution in [0.2, 0.25) is 0 Å². The van der Waals surface area contributed by atoms with Gasteiger partial charge >= 0.3 is 0 Å². The molecule has 2 N–H and O–H groups in total. The highest BCUT2D eigenvalue weighted by Crippen LogP contribution is 2.34. The minimum absolute atomic E-state index is 0.311. The number of nitrogens with zero attached hydrogens (tertiary/aromatic N) is 4. The summed E-state index contributed by atoms with van der Waals surface area (Å²) in [6, 6.07) is 8.77. The third-order valence-corrected chi connectivity index (χ3v) is 6.20. The highest BCUT2D eigenvalue weighted by molar-refractivity contribution is 6.06. The Hall–Kier alpha value is -3.52. The zero-order valence-electron chi connectivity index (χ0n) is 18.3. The van der Waals surface area contributed by atoms with Crippen LogP contribution >= 0.6 is 0 Å². The molecular formula is C24H24FN5O2. The molecule has 2 aromatic carbocycles. The molecule has 0 saturated carbocycles. The molecule has 0 bridgehead atoms. The fourth-order valence-corrected chi connectivity index (χ4v) is 4.49. The smallest absolute Gasteiger partial charge is 0.251 e. The Morgan fingerprint density at radius 2 is 1.84 bits per heavy atom. The average Bonchev–Trinajstić information content (AvgIpc) is 3.11. The van der Waals surface area contributed by atoms with Gasteiger partial charge in [-0.05, 0) is 44.5 Å². The van der Waals surface area contributed by atoms with Crippen molar-refractivity contribution in [3.8, 4) is 5.69 Å². The van der Waals surface area contributed by atoms with Crippen LogP contribution in [-0.2, 0) is 4.74 Å². The minimum Gasteiger partial charge on any atom is -0.378 e. The van der Waals surface area contributed by atoms with Crippen LogP contribution in [0, 0.1) is 26.6 Å². The van der Waals surface area contributed by atoms with Crippen molar-refractivity contribution in [1.29, 1.82) is 0 Å². The lowest BCUT2D eigenvalue weighted by atomic mass is 10.1. The Balaban J connectivity index is 1.87. The van der Waals surface area contributed by atoms with E-state index in [9.17, 15) is 9.18 Å². The Morgan fingerprint density at radius 1 is 1.09 bits per heavy atom. The molecule has 3 heterocycles. The van der Waals surface area contributed by atoms with E-state index in [0.717, 1.165) is 41.2 Å². The molecule has 5 rings (SSSR count). The molecular weight excluding hydrogens is 409 g/mol. The third kappa shape index (κ3) is 3.10. The van der Waals surface area contributed by atoms with Crippen molar-refractivity contribution in [2.75, 3.05) is 31.2 Å². The molecule has 0 radical (unpaired) electrons. The summed E-state index contributed by atoms with van der Waals surface area (Å²) in [5, 5.41) is 0.688. The molecule has 1 fully saturated rings.